The fourth-order valence-corrected chi connectivity index (χ4v) is 2.86. The van der Waals surface area contributed by atoms with E-state index in [0.29, 0.717) is 5.69 Å². The van der Waals surface area contributed by atoms with Gasteiger partial charge in [-0.05, 0) is 57.4 Å². The van der Waals surface area contributed by atoms with E-state index in [4.69, 9.17) is 4.74 Å². The summed E-state index contributed by atoms with van der Waals surface area (Å²) in [7, 11) is 1.80. The fraction of sp³-hybridized carbons (Fsp3) is 0.500. The monoisotopic (exact) mass is 288 g/mol. The van der Waals surface area contributed by atoms with Crippen molar-refractivity contribution in [2.45, 2.75) is 44.6 Å². The Kier molecular flexibility index (Phi) is 2.80. The van der Waals surface area contributed by atoms with Crippen LogP contribution >= 0.6 is 0 Å². The Labute approximate surface area is 124 Å². The van der Waals surface area contributed by atoms with Crippen LogP contribution in [-0.2, 0) is 14.9 Å². The van der Waals surface area contributed by atoms with Gasteiger partial charge in [-0.25, -0.2) is 4.79 Å². The van der Waals surface area contributed by atoms with Gasteiger partial charge in [-0.2, -0.15) is 0 Å². The third-order valence-electron chi connectivity index (χ3n) is 3.98. The lowest BCUT2D eigenvalue weighted by Crippen LogP contribution is -2.28. The standard InChI is InChI=1S/C16H20N2O3/c1-15(2,3)21-14(20)17-10-5-6-12-11(9-10)16(7-8-16)13(19)18(12)4/h5-6,9H,7-8H2,1-4H3,(H,17,20). The normalized spacial score (nSPS) is 18.7. The summed E-state index contributed by atoms with van der Waals surface area (Å²) < 4.78 is 5.24. The minimum Gasteiger partial charge on any atom is -0.444 e. The van der Waals surface area contributed by atoms with E-state index in [1.165, 1.54) is 0 Å². The molecule has 1 fully saturated rings. The fourth-order valence-electron chi connectivity index (χ4n) is 2.86. The Hall–Kier alpha value is -2.04. The van der Waals surface area contributed by atoms with Crippen molar-refractivity contribution in [2.24, 2.45) is 0 Å². The van der Waals surface area contributed by atoms with E-state index in [9.17, 15) is 9.59 Å². The van der Waals surface area contributed by atoms with Crippen molar-refractivity contribution in [3.63, 3.8) is 0 Å². The maximum atomic E-state index is 12.3. The van der Waals surface area contributed by atoms with Gasteiger partial charge in [0.05, 0.1) is 5.41 Å². The van der Waals surface area contributed by atoms with Crippen molar-refractivity contribution in [3.8, 4) is 0 Å². The number of fused-ring (bicyclic) bond motifs is 2. The maximum absolute atomic E-state index is 12.3. The number of hydrogen-bond acceptors (Lipinski definition) is 3. The van der Waals surface area contributed by atoms with Gasteiger partial charge in [0.15, 0.2) is 0 Å². The SMILES string of the molecule is CN1C(=O)C2(CC2)c2cc(NC(=O)OC(C)(C)C)ccc21. The summed E-state index contributed by atoms with van der Waals surface area (Å²) in [5, 5.41) is 2.73. The van der Waals surface area contributed by atoms with Crippen molar-refractivity contribution < 1.29 is 14.3 Å². The first-order valence-corrected chi connectivity index (χ1v) is 7.16. The third-order valence-corrected chi connectivity index (χ3v) is 3.98. The molecule has 1 aliphatic carbocycles. The molecule has 112 valence electrons. The summed E-state index contributed by atoms with van der Waals surface area (Å²) >= 11 is 0. The van der Waals surface area contributed by atoms with Crippen LogP contribution in [0.1, 0.15) is 39.2 Å². The topological polar surface area (TPSA) is 58.6 Å². The Morgan fingerprint density at radius 1 is 1.33 bits per heavy atom. The first-order chi connectivity index (χ1) is 9.73. The predicted octanol–water partition coefficient (Wildman–Crippen LogP) is 3.04. The average Bonchev–Trinajstić information content (AvgIpc) is 3.12. The van der Waals surface area contributed by atoms with E-state index in [2.05, 4.69) is 5.32 Å². The molecule has 2 amide bonds. The molecule has 1 aromatic rings. The highest BCUT2D eigenvalue weighted by molar-refractivity contribution is 6.10. The second-order valence-electron chi connectivity index (χ2n) is 6.81. The van der Waals surface area contributed by atoms with E-state index < -0.39 is 11.7 Å². The molecule has 0 aromatic heterocycles. The van der Waals surface area contributed by atoms with E-state index in [1.54, 1.807) is 18.0 Å². The molecule has 21 heavy (non-hydrogen) atoms. The van der Waals surface area contributed by atoms with Gasteiger partial charge >= 0.3 is 6.09 Å². The number of carbonyl (C=O) groups excluding carboxylic acids is 2. The Bertz CT molecular complexity index is 627. The minimum absolute atomic E-state index is 0.159. The summed E-state index contributed by atoms with van der Waals surface area (Å²) in [5.74, 6) is 0.159. The largest absolute Gasteiger partial charge is 0.444 e. The van der Waals surface area contributed by atoms with Crippen LogP contribution in [0.15, 0.2) is 18.2 Å². The van der Waals surface area contributed by atoms with Gasteiger partial charge in [0.25, 0.3) is 0 Å². The van der Waals surface area contributed by atoms with Crippen molar-refractivity contribution in [1.29, 1.82) is 0 Å². The Morgan fingerprint density at radius 2 is 2.00 bits per heavy atom. The minimum atomic E-state index is -0.533. The molecule has 0 radical (unpaired) electrons. The highest BCUT2D eigenvalue weighted by Crippen LogP contribution is 2.57. The summed E-state index contributed by atoms with van der Waals surface area (Å²) in [6, 6.07) is 5.58. The molecule has 2 aliphatic rings. The molecule has 1 aromatic carbocycles. The number of hydrogen-bond donors (Lipinski definition) is 1. The number of nitrogens with zero attached hydrogens (tertiary/aromatic N) is 1. The van der Waals surface area contributed by atoms with Crippen LogP contribution in [0.5, 0.6) is 0 Å². The van der Waals surface area contributed by atoms with Gasteiger partial charge in [-0.3, -0.25) is 10.1 Å². The maximum Gasteiger partial charge on any atom is 0.412 e. The van der Waals surface area contributed by atoms with Gasteiger partial charge < -0.3 is 9.64 Å². The molecule has 1 spiro atoms. The summed E-state index contributed by atoms with van der Waals surface area (Å²) in [6.07, 6.45) is 1.29. The lowest BCUT2D eigenvalue weighted by Gasteiger charge is -2.20. The molecule has 0 unspecified atom stereocenters. The van der Waals surface area contributed by atoms with Gasteiger partial charge in [0.1, 0.15) is 5.60 Å². The number of ether oxygens (including phenoxy) is 1. The zero-order chi connectivity index (χ0) is 15.4. The average molecular weight is 288 g/mol. The van der Waals surface area contributed by atoms with Crippen LogP contribution in [0, 0.1) is 0 Å². The Balaban J connectivity index is 1.84. The van der Waals surface area contributed by atoms with Crippen molar-refractivity contribution in [1.82, 2.24) is 0 Å². The third kappa shape index (κ3) is 2.26. The molecule has 1 N–H and O–H groups in total. The summed E-state index contributed by atoms with van der Waals surface area (Å²) in [4.78, 5) is 25.8. The van der Waals surface area contributed by atoms with E-state index in [1.807, 2.05) is 32.9 Å². The molecule has 0 saturated heterocycles. The van der Waals surface area contributed by atoms with Gasteiger partial charge in [-0.15, -0.1) is 0 Å². The van der Waals surface area contributed by atoms with Crippen LogP contribution in [-0.4, -0.2) is 24.6 Å². The quantitative estimate of drug-likeness (QED) is 0.864. The molecule has 5 nitrogen and oxygen atoms in total. The highest BCUT2D eigenvalue weighted by atomic mass is 16.6. The molecule has 1 aliphatic heterocycles. The highest BCUT2D eigenvalue weighted by Gasteiger charge is 2.58. The van der Waals surface area contributed by atoms with Crippen LogP contribution in [0.25, 0.3) is 0 Å². The smallest absolute Gasteiger partial charge is 0.412 e. The van der Waals surface area contributed by atoms with E-state index in [0.717, 1.165) is 24.1 Å². The lowest BCUT2D eigenvalue weighted by molar-refractivity contribution is -0.119. The molecule has 5 heteroatoms. The van der Waals surface area contributed by atoms with Crippen LogP contribution < -0.4 is 10.2 Å². The number of likely N-dealkylation sites (N-methyl/N-ethyl adjacent to an activating group) is 1. The van der Waals surface area contributed by atoms with Crippen molar-refractivity contribution in [2.75, 3.05) is 17.3 Å². The second kappa shape index (κ2) is 4.23. The van der Waals surface area contributed by atoms with Crippen LogP contribution in [0.3, 0.4) is 0 Å². The zero-order valence-electron chi connectivity index (χ0n) is 12.8. The summed E-state index contributed by atoms with van der Waals surface area (Å²) in [6.45, 7) is 5.46. The number of amides is 2. The molecular formula is C16H20N2O3. The predicted molar refractivity (Wildman–Crippen MR) is 80.6 cm³/mol. The molecule has 0 atom stereocenters. The number of nitrogens with one attached hydrogen (secondary N) is 1. The van der Waals surface area contributed by atoms with Gasteiger partial charge in [0, 0.05) is 18.4 Å². The molecule has 1 heterocycles. The molecule has 0 bridgehead atoms. The first-order valence-electron chi connectivity index (χ1n) is 7.16. The number of rotatable bonds is 1. The zero-order valence-corrected chi connectivity index (χ0v) is 12.8. The van der Waals surface area contributed by atoms with Crippen molar-refractivity contribution in [3.05, 3.63) is 23.8 Å². The molecule has 3 rings (SSSR count). The number of anilines is 2. The number of carbonyl (C=O) groups is 2. The van der Waals surface area contributed by atoms with Crippen molar-refractivity contribution >= 4 is 23.4 Å². The summed E-state index contributed by atoms with van der Waals surface area (Å²) in [5.41, 5.74) is 1.75. The van der Waals surface area contributed by atoms with Gasteiger partial charge in [0.2, 0.25) is 5.91 Å². The van der Waals surface area contributed by atoms with Gasteiger partial charge in [-0.1, -0.05) is 0 Å². The molecular weight excluding hydrogens is 268 g/mol. The Morgan fingerprint density at radius 3 is 2.57 bits per heavy atom. The number of benzene rings is 1. The van der Waals surface area contributed by atoms with E-state index >= 15 is 0 Å². The second-order valence-corrected chi connectivity index (χ2v) is 6.81. The first kappa shape index (κ1) is 13.9. The van der Waals surface area contributed by atoms with Crippen LogP contribution in [0.2, 0.25) is 0 Å². The van der Waals surface area contributed by atoms with Crippen LogP contribution in [0.4, 0.5) is 16.2 Å². The lowest BCUT2D eigenvalue weighted by atomic mass is 9.97. The molecule has 1 saturated carbocycles. The van der Waals surface area contributed by atoms with E-state index in [-0.39, 0.29) is 11.3 Å².